The zero-order valence-electron chi connectivity index (χ0n) is 15.7. The fourth-order valence-corrected chi connectivity index (χ4v) is 4.47. The van der Waals surface area contributed by atoms with Crippen molar-refractivity contribution in [2.45, 2.75) is 32.4 Å². The van der Waals surface area contributed by atoms with E-state index in [1.165, 1.54) is 21.9 Å². The van der Waals surface area contributed by atoms with E-state index < -0.39 is 0 Å². The molecular weight excluding hydrogens is 378 g/mol. The number of aryl methyl sites for hydroxylation is 1. The van der Waals surface area contributed by atoms with Crippen LogP contribution < -0.4 is 20.5 Å². The van der Waals surface area contributed by atoms with E-state index in [0.29, 0.717) is 22.3 Å². The number of carbonyl (C=O) groups excluding carboxylic acids is 1. The van der Waals surface area contributed by atoms with Crippen molar-refractivity contribution >= 4 is 27.3 Å². The van der Waals surface area contributed by atoms with Crippen molar-refractivity contribution in [2.75, 3.05) is 18.6 Å². The Kier molecular flexibility index (Phi) is 4.99. The van der Waals surface area contributed by atoms with Crippen LogP contribution in [0.2, 0.25) is 0 Å². The summed E-state index contributed by atoms with van der Waals surface area (Å²) in [6.07, 6.45) is 1.64. The summed E-state index contributed by atoms with van der Waals surface area (Å²) in [7, 11) is 1.62. The smallest absolute Gasteiger partial charge is 0.275 e. The van der Waals surface area contributed by atoms with Crippen LogP contribution in [0.1, 0.15) is 24.1 Å². The highest BCUT2D eigenvalue weighted by molar-refractivity contribution is 7.20. The maximum Gasteiger partial charge on any atom is 0.275 e. The molecule has 0 aliphatic carbocycles. The number of fused-ring (bicyclic) bond motifs is 1. The number of para-hydroxylation sites is 1. The van der Waals surface area contributed by atoms with Crippen molar-refractivity contribution in [3.05, 3.63) is 51.9 Å². The summed E-state index contributed by atoms with van der Waals surface area (Å²) in [6.45, 7) is 2.90. The van der Waals surface area contributed by atoms with Crippen LogP contribution in [0.5, 0.6) is 5.75 Å². The number of benzene rings is 1. The fraction of sp³-hybridized carbons (Fsp3) is 0.368. The molecular formula is C19H21N5O3S. The average Bonchev–Trinajstić information content (AvgIpc) is 3.33. The first kappa shape index (κ1) is 18.4. The minimum atomic E-state index is -0.313. The van der Waals surface area contributed by atoms with Crippen molar-refractivity contribution in [3.8, 4) is 5.75 Å². The molecule has 1 atom stereocenters. The molecule has 3 heterocycles. The first-order chi connectivity index (χ1) is 13.6. The van der Waals surface area contributed by atoms with Crippen LogP contribution in [0, 0.1) is 6.92 Å². The van der Waals surface area contributed by atoms with E-state index in [1.54, 1.807) is 14.0 Å². The van der Waals surface area contributed by atoms with Crippen molar-refractivity contribution in [2.24, 2.45) is 0 Å². The molecule has 28 heavy (non-hydrogen) atoms. The first-order valence-corrected chi connectivity index (χ1v) is 9.92. The maximum atomic E-state index is 12.8. The zero-order chi connectivity index (χ0) is 19.7. The predicted octanol–water partition coefficient (Wildman–Crippen LogP) is 1.75. The number of aromatic nitrogens is 3. The lowest BCUT2D eigenvalue weighted by atomic mass is 10.1. The Hall–Kier alpha value is -2.94. The summed E-state index contributed by atoms with van der Waals surface area (Å²) in [5.41, 5.74) is 1.38. The Morgan fingerprint density at radius 2 is 2.21 bits per heavy atom. The summed E-state index contributed by atoms with van der Waals surface area (Å²) in [5, 5.41) is 8.05. The van der Waals surface area contributed by atoms with Gasteiger partial charge < -0.3 is 15.0 Å². The van der Waals surface area contributed by atoms with Gasteiger partial charge in [0.2, 0.25) is 16.0 Å². The molecule has 0 saturated carbocycles. The predicted molar refractivity (Wildman–Crippen MR) is 107 cm³/mol. The largest absolute Gasteiger partial charge is 0.496 e. The van der Waals surface area contributed by atoms with Gasteiger partial charge in [0.1, 0.15) is 11.8 Å². The fourth-order valence-electron chi connectivity index (χ4n) is 3.44. The quantitative estimate of drug-likeness (QED) is 0.703. The SMILES string of the molecule is COc1ccccc1CNC(=O)[C@@H]1CCCN1c1nn2c(=O)cc(C)nc2s1. The van der Waals surface area contributed by atoms with Gasteiger partial charge in [-0.25, -0.2) is 4.98 Å². The number of hydrogen-bond acceptors (Lipinski definition) is 7. The van der Waals surface area contributed by atoms with Crippen LogP contribution in [0.15, 0.2) is 35.1 Å². The lowest BCUT2D eigenvalue weighted by Crippen LogP contribution is -2.43. The highest BCUT2D eigenvalue weighted by Gasteiger charge is 2.33. The Labute approximate surface area is 165 Å². The molecule has 4 rings (SSSR count). The monoisotopic (exact) mass is 399 g/mol. The zero-order valence-corrected chi connectivity index (χ0v) is 16.5. The number of hydrogen-bond donors (Lipinski definition) is 1. The summed E-state index contributed by atoms with van der Waals surface area (Å²) in [4.78, 5) is 31.8. The molecule has 8 nitrogen and oxygen atoms in total. The molecule has 0 bridgehead atoms. The van der Waals surface area contributed by atoms with E-state index in [9.17, 15) is 9.59 Å². The molecule has 1 aromatic carbocycles. The highest BCUT2D eigenvalue weighted by atomic mass is 32.1. The van der Waals surface area contributed by atoms with Crippen LogP contribution >= 0.6 is 11.3 Å². The molecule has 1 fully saturated rings. The van der Waals surface area contributed by atoms with Crippen LogP contribution in [0.4, 0.5) is 5.13 Å². The number of ether oxygens (including phenoxy) is 1. The summed E-state index contributed by atoms with van der Waals surface area (Å²) < 4.78 is 6.64. The highest BCUT2D eigenvalue weighted by Crippen LogP contribution is 2.29. The minimum absolute atomic E-state index is 0.0563. The maximum absolute atomic E-state index is 12.8. The Balaban J connectivity index is 1.52. The van der Waals surface area contributed by atoms with Gasteiger partial charge in [0.25, 0.3) is 5.56 Å². The van der Waals surface area contributed by atoms with E-state index in [-0.39, 0.29) is 17.5 Å². The number of anilines is 1. The molecule has 2 aromatic heterocycles. The second kappa shape index (κ2) is 7.59. The van der Waals surface area contributed by atoms with Gasteiger partial charge in [-0.3, -0.25) is 9.59 Å². The third-order valence-electron chi connectivity index (χ3n) is 4.81. The van der Waals surface area contributed by atoms with Gasteiger partial charge in [-0.1, -0.05) is 29.5 Å². The molecule has 146 valence electrons. The molecule has 1 amide bonds. The number of nitrogens with one attached hydrogen (secondary N) is 1. The van der Waals surface area contributed by atoms with Crippen molar-refractivity contribution < 1.29 is 9.53 Å². The second-order valence-electron chi connectivity index (χ2n) is 6.70. The molecule has 1 aliphatic heterocycles. The van der Waals surface area contributed by atoms with E-state index in [0.717, 1.165) is 30.7 Å². The molecule has 1 saturated heterocycles. The number of nitrogens with zero attached hydrogens (tertiary/aromatic N) is 4. The van der Waals surface area contributed by atoms with Gasteiger partial charge in [0.05, 0.1) is 7.11 Å². The van der Waals surface area contributed by atoms with Gasteiger partial charge in [-0.15, -0.1) is 5.10 Å². The molecule has 3 aromatic rings. The van der Waals surface area contributed by atoms with Crippen LogP contribution in [-0.4, -0.2) is 40.2 Å². The number of rotatable bonds is 5. The topological polar surface area (TPSA) is 88.8 Å². The number of carbonyl (C=O) groups is 1. The van der Waals surface area contributed by atoms with Crippen LogP contribution in [0.3, 0.4) is 0 Å². The lowest BCUT2D eigenvalue weighted by Gasteiger charge is -2.22. The lowest BCUT2D eigenvalue weighted by molar-refractivity contribution is -0.122. The summed E-state index contributed by atoms with van der Waals surface area (Å²) in [5.74, 6) is 0.692. The van der Waals surface area contributed by atoms with E-state index in [4.69, 9.17) is 4.74 Å². The molecule has 9 heteroatoms. The van der Waals surface area contributed by atoms with E-state index in [2.05, 4.69) is 15.4 Å². The molecule has 0 unspecified atom stereocenters. The molecule has 1 N–H and O–H groups in total. The molecule has 1 aliphatic rings. The molecule has 0 spiro atoms. The van der Waals surface area contributed by atoms with Gasteiger partial charge in [-0.05, 0) is 25.8 Å². The number of methoxy groups -OCH3 is 1. The van der Waals surface area contributed by atoms with Gasteiger partial charge in [0, 0.05) is 30.4 Å². The van der Waals surface area contributed by atoms with Crippen LogP contribution in [0.25, 0.3) is 4.96 Å². The summed E-state index contributed by atoms with van der Waals surface area (Å²) >= 11 is 1.33. The Bertz CT molecular complexity index is 1080. The normalized spacial score (nSPS) is 16.5. The first-order valence-electron chi connectivity index (χ1n) is 9.10. The van der Waals surface area contributed by atoms with E-state index in [1.807, 2.05) is 29.2 Å². The number of amides is 1. The second-order valence-corrected chi connectivity index (χ2v) is 7.63. The van der Waals surface area contributed by atoms with Crippen molar-refractivity contribution in [3.63, 3.8) is 0 Å². The Morgan fingerprint density at radius 1 is 1.39 bits per heavy atom. The van der Waals surface area contributed by atoms with Crippen molar-refractivity contribution in [1.82, 2.24) is 19.9 Å². The third-order valence-corrected chi connectivity index (χ3v) is 5.75. The molecule has 0 radical (unpaired) electrons. The van der Waals surface area contributed by atoms with Gasteiger partial charge in [-0.2, -0.15) is 4.52 Å². The minimum Gasteiger partial charge on any atom is -0.496 e. The third kappa shape index (κ3) is 3.45. The van der Waals surface area contributed by atoms with Gasteiger partial charge in [0.15, 0.2) is 0 Å². The van der Waals surface area contributed by atoms with Crippen LogP contribution in [-0.2, 0) is 11.3 Å². The van der Waals surface area contributed by atoms with E-state index >= 15 is 0 Å². The standard InChI is InChI=1S/C19H21N5O3S/c1-12-10-16(25)24-18(21-12)28-19(22-24)23-9-5-7-14(23)17(26)20-11-13-6-3-4-8-15(13)27-2/h3-4,6,8,10,14H,5,7,9,11H2,1-2H3,(H,20,26)/t14-/m0/s1. The summed E-state index contributed by atoms with van der Waals surface area (Å²) in [6, 6.07) is 8.76. The van der Waals surface area contributed by atoms with Gasteiger partial charge >= 0.3 is 0 Å². The van der Waals surface area contributed by atoms with Crippen molar-refractivity contribution in [1.29, 1.82) is 0 Å². The Morgan fingerprint density at radius 3 is 3.04 bits per heavy atom. The average molecular weight is 399 g/mol.